The third-order valence-corrected chi connectivity index (χ3v) is 12.0. The van der Waals surface area contributed by atoms with E-state index in [2.05, 4.69) is 169 Å². The van der Waals surface area contributed by atoms with Gasteiger partial charge in [0.1, 0.15) is 0 Å². The van der Waals surface area contributed by atoms with Crippen LogP contribution in [0.15, 0.2) is 84.9 Å². The summed E-state index contributed by atoms with van der Waals surface area (Å²) in [6.45, 7) is 19.7. The van der Waals surface area contributed by atoms with E-state index < -0.39 is 0 Å². The summed E-state index contributed by atoms with van der Waals surface area (Å²) < 4.78 is 0. The molecule has 3 aromatic heterocycles. The summed E-state index contributed by atoms with van der Waals surface area (Å²) in [6.07, 6.45) is 8.68. The Balaban J connectivity index is 1.52. The van der Waals surface area contributed by atoms with Gasteiger partial charge in [0.05, 0.1) is 29.4 Å². The van der Waals surface area contributed by atoms with Gasteiger partial charge < -0.3 is 15.1 Å². The Morgan fingerprint density at radius 1 is 0.373 bits per heavy atom. The third-order valence-electron chi connectivity index (χ3n) is 12.0. The van der Waals surface area contributed by atoms with Gasteiger partial charge in [0.2, 0.25) is 0 Å². The van der Waals surface area contributed by atoms with Gasteiger partial charge >= 0.3 is 0 Å². The van der Waals surface area contributed by atoms with Crippen LogP contribution in [-0.4, -0.2) is 25.0 Å². The summed E-state index contributed by atoms with van der Waals surface area (Å²) in [5.74, 6) is 0. The first-order valence-corrected chi connectivity index (χ1v) is 20.5. The van der Waals surface area contributed by atoms with Crippen molar-refractivity contribution in [3.8, 4) is 44.5 Å². The molecule has 3 N–H and O–H groups in total. The van der Waals surface area contributed by atoms with Crippen LogP contribution >= 0.6 is 0 Å². The van der Waals surface area contributed by atoms with Crippen LogP contribution in [0, 0.1) is 62.3 Å². The van der Waals surface area contributed by atoms with Crippen molar-refractivity contribution in [3.63, 3.8) is 0 Å². The molecule has 292 valence electrons. The number of aliphatic hydroxyl groups is 1. The zero-order chi connectivity index (χ0) is 41.3. The van der Waals surface area contributed by atoms with Gasteiger partial charge in [0, 0.05) is 44.3 Å². The molecule has 5 nitrogen and oxygen atoms in total. The molecule has 0 spiro atoms. The number of fused-ring (bicyclic) bond motifs is 8. The number of hydrogen-bond donors (Lipinski definition) is 3. The molecule has 0 radical (unpaired) electrons. The lowest BCUT2D eigenvalue weighted by Crippen LogP contribution is -1.96. The van der Waals surface area contributed by atoms with Crippen LogP contribution in [-0.2, 0) is 6.61 Å². The number of aryl methyl sites for hydroxylation is 9. The molecule has 5 heteroatoms. The van der Waals surface area contributed by atoms with Gasteiger partial charge in [-0.1, -0.05) is 77.4 Å². The summed E-state index contributed by atoms with van der Waals surface area (Å²) in [5.41, 5.74) is 28.0. The van der Waals surface area contributed by atoms with Gasteiger partial charge in [0.15, 0.2) is 0 Å². The van der Waals surface area contributed by atoms with Gasteiger partial charge in [-0.2, -0.15) is 0 Å². The van der Waals surface area contributed by atoms with Gasteiger partial charge in [0.25, 0.3) is 0 Å². The number of aromatic amines is 2. The number of aliphatic hydroxyl groups excluding tert-OH is 1. The highest BCUT2D eigenvalue weighted by Crippen LogP contribution is 2.42. The minimum atomic E-state index is -0.0167. The van der Waals surface area contributed by atoms with E-state index in [0.717, 1.165) is 78.2 Å². The number of nitrogens with one attached hydrogen (secondary N) is 2. The van der Waals surface area contributed by atoms with Crippen molar-refractivity contribution >= 4 is 46.4 Å². The highest BCUT2D eigenvalue weighted by molar-refractivity contribution is 6.01. The van der Waals surface area contributed by atoms with Gasteiger partial charge in [-0.3, -0.25) is 0 Å². The second-order valence-corrected chi connectivity index (χ2v) is 16.7. The number of aromatic nitrogens is 4. The summed E-state index contributed by atoms with van der Waals surface area (Å²) >= 11 is 0. The van der Waals surface area contributed by atoms with Gasteiger partial charge in [-0.25, -0.2) is 9.97 Å². The molecular formula is C54H50N4O. The van der Waals surface area contributed by atoms with Crippen molar-refractivity contribution in [1.82, 2.24) is 19.9 Å². The zero-order valence-corrected chi connectivity index (χ0v) is 35.4. The van der Waals surface area contributed by atoms with Crippen molar-refractivity contribution in [2.45, 2.75) is 68.9 Å². The molecule has 59 heavy (non-hydrogen) atoms. The smallest absolute Gasteiger partial charge is 0.0737 e. The Morgan fingerprint density at radius 3 is 0.966 bits per heavy atom. The molecule has 2 aliphatic heterocycles. The standard InChI is InChI=1S/C54H50N4O/c1-29-22-32(4)48(33(5)23-29)52-42-16-14-40(55-42)51(39-12-10-38(28-59)11-13-39)41-15-17-43(56-41)53(49-34(6)24-30(2)25-35(49)7)45-19-21-47(58-45)54(46-20-18-44(52)57-46)50-36(8)26-31(3)27-37(50)9/h10-27,55,58-59H,28H2,1-9H3. The molecule has 0 aliphatic carbocycles. The molecular weight excluding hydrogens is 721 g/mol. The maximum atomic E-state index is 9.95. The van der Waals surface area contributed by atoms with E-state index in [-0.39, 0.29) is 6.61 Å². The lowest BCUT2D eigenvalue weighted by atomic mass is 9.92. The zero-order valence-electron chi connectivity index (χ0n) is 35.4. The quantitative estimate of drug-likeness (QED) is 0.163. The molecule has 0 saturated carbocycles. The van der Waals surface area contributed by atoms with E-state index in [4.69, 9.17) is 9.97 Å². The molecule has 8 bridgehead atoms. The van der Waals surface area contributed by atoms with Crippen molar-refractivity contribution in [3.05, 3.63) is 163 Å². The average Bonchev–Trinajstić information content (AvgIpc) is 4.02. The van der Waals surface area contributed by atoms with Crippen molar-refractivity contribution in [2.24, 2.45) is 0 Å². The fourth-order valence-electron chi connectivity index (χ4n) is 9.80. The summed E-state index contributed by atoms with van der Waals surface area (Å²) in [6, 6.07) is 30.5. The van der Waals surface area contributed by atoms with E-state index in [1.165, 1.54) is 66.8 Å². The summed E-state index contributed by atoms with van der Waals surface area (Å²) in [5, 5.41) is 9.95. The molecule has 9 rings (SSSR count). The molecule has 0 fully saturated rings. The van der Waals surface area contributed by atoms with Crippen LogP contribution in [0.4, 0.5) is 0 Å². The number of H-pyrrole nitrogens is 2. The molecule has 0 saturated heterocycles. The minimum Gasteiger partial charge on any atom is -0.392 e. The predicted octanol–water partition coefficient (Wildman–Crippen LogP) is 13.6. The van der Waals surface area contributed by atoms with E-state index in [1.54, 1.807) is 0 Å². The van der Waals surface area contributed by atoms with Gasteiger partial charge in [-0.15, -0.1) is 0 Å². The fraction of sp³-hybridized carbons (Fsp3) is 0.185. The molecule has 4 aromatic carbocycles. The normalized spacial score (nSPS) is 12.2. The van der Waals surface area contributed by atoms with Crippen LogP contribution in [0.3, 0.4) is 0 Å². The Hall–Kier alpha value is -6.56. The average molecular weight is 771 g/mol. The molecule has 7 aromatic rings. The summed E-state index contributed by atoms with van der Waals surface area (Å²) in [4.78, 5) is 19.0. The van der Waals surface area contributed by atoms with Crippen molar-refractivity contribution in [2.75, 3.05) is 0 Å². The Bertz CT molecular complexity index is 2990. The minimum absolute atomic E-state index is 0.0167. The first-order valence-electron chi connectivity index (χ1n) is 20.5. The first kappa shape index (κ1) is 38.0. The Morgan fingerprint density at radius 2 is 0.661 bits per heavy atom. The first-order chi connectivity index (χ1) is 28.4. The predicted molar refractivity (Wildman–Crippen MR) is 249 cm³/mol. The number of nitrogens with zero attached hydrogens (tertiary/aromatic N) is 2. The second kappa shape index (κ2) is 14.7. The van der Waals surface area contributed by atoms with Crippen molar-refractivity contribution < 1.29 is 5.11 Å². The third kappa shape index (κ3) is 6.66. The van der Waals surface area contributed by atoms with E-state index >= 15 is 0 Å². The monoisotopic (exact) mass is 770 g/mol. The van der Waals surface area contributed by atoms with Crippen molar-refractivity contribution in [1.29, 1.82) is 0 Å². The lowest BCUT2D eigenvalue weighted by Gasteiger charge is -2.14. The highest BCUT2D eigenvalue weighted by atomic mass is 16.3. The molecule has 0 unspecified atom stereocenters. The van der Waals surface area contributed by atoms with E-state index in [0.29, 0.717) is 0 Å². The molecule has 0 atom stereocenters. The molecule has 5 heterocycles. The lowest BCUT2D eigenvalue weighted by molar-refractivity contribution is 0.282. The van der Waals surface area contributed by atoms with Gasteiger partial charge in [-0.05, 0) is 172 Å². The van der Waals surface area contributed by atoms with E-state index in [9.17, 15) is 5.11 Å². The van der Waals surface area contributed by atoms with Crippen LogP contribution in [0.2, 0.25) is 0 Å². The number of rotatable bonds is 5. The van der Waals surface area contributed by atoms with Crippen LogP contribution in [0.1, 0.15) is 78.4 Å². The SMILES string of the molecule is Cc1cc(C)c(-c2c3nc(c(-c4c(C)cc(C)cc4C)c4ccc([nH]4)c(-c4c(C)cc(C)cc4C)c4nc(c(-c5ccc(CO)cc5)c5ccc2[nH]5)C=C4)C=C3)c(C)c1. The van der Waals surface area contributed by atoms with E-state index in [1.807, 2.05) is 12.1 Å². The Labute approximate surface area is 346 Å². The topological polar surface area (TPSA) is 77.6 Å². The Kier molecular flexibility index (Phi) is 9.45. The largest absolute Gasteiger partial charge is 0.392 e. The van der Waals surface area contributed by atoms with Crippen LogP contribution in [0.25, 0.3) is 90.9 Å². The second-order valence-electron chi connectivity index (χ2n) is 16.7. The van der Waals surface area contributed by atoms with Crippen LogP contribution < -0.4 is 0 Å². The molecule has 2 aliphatic rings. The highest BCUT2D eigenvalue weighted by Gasteiger charge is 2.22. The fourth-order valence-corrected chi connectivity index (χ4v) is 9.80. The number of hydrogen-bond acceptors (Lipinski definition) is 3. The van der Waals surface area contributed by atoms with Crippen LogP contribution in [0.5, 0.6) is 0 Å². The maximum absolute atomic E-state index is 9.95. The molecule has 0 amide bonds. The maximum Gasteiger partial charge on any atom is 0.0737 e. The summed E-state index contributed by atoms with van der Waals surface area (Å²) in [7, 11) is 0. The number of benzene rings is 4.